The van der Waals surface area contributed by atoms with E-state index in [-0.39, 0.29) is 4.34 Å². The van der Waals surface area contributed by atoms with E-state index in [2.05, 4.69) is 4.98 Å². The average Bonchev–Trinajstić information content (AvgIpc) is 2.59. The van der Waals surface area contributed by atoms with Gasteiger partial charge >= 0.3 is 0 Å². The minimum absolute atomic E-state index is 0.186. The summed E-state index contributed by atoms with van der Waals surface area (Å²) in [5.41, 5.74) is 0.570. The van der Waals surface area contributed by atoms with Gasteiger partial charge in [-0.25, -0.2) is 13.4 Å². The standard InChI is InChI=1S/C8H4Cl3NO2S2/c9-8(10,11)16(13,14)7-12-5-3-1-2-4-6(5)15-7/h1-4H. The van der Waals surface area contributed by atoms with Gasteiger partial charge in [-0.2, -0.15) is 0 Å². The molecule has 86 valence electrons. The van der Waals surface area contributed by atoms with Crippen LogP contribution in [0.3, 0.4) is 0 Å². The quantitative estimate of drug-likeness (QED) is 0.758. The number of rotatable bonds is 1. The Bertz CT molecular complexity index is 597. The van der Waals surface area contributed by atoms with E-state index in [1.807, 2.05) is 0 Å². The molecule has 1 heterocycles. The molecule has 0 radical (unpaired) electrons. The molecule has 2 aromatic rings. The Morgan fingerprint density at radius 3 is 2.38 bits per heavy atom. The Morgan fingerprint density at radius 2 is 1.81 bits per heavy atom. The first-order valence-electron chi connectivity index (χ1n) is 3.99. The van der Waals surface area contributed by atoms with Crippen LogP contribution in [0.25, 0.3) is 10.2 Å². The van der Waals surface area contributed by atoms with Crippen molar-refractivity contribution in [1.29, 1.82) is 0 Å². The van der Waals surface area contributed by atoms with Crippen LogP contribution in [-0.2, 0) is 9.84 Å². The Kier molecular flexibility index (Phi) is 3.09. The minimum atomic E-state index is -4.03. The van der Waals surface area contributed by atoms with Crippen LogP contribution in [-0.4, -0.2) is 16.5 Å². The van der Waals surface area contributed by atoms with Crippen molar-refractivity contribution < 1.29 is 8.42 Å². The number of halogens is 3. The number of nitrogens with zero attached hydrogens (tertiary/aromatic N) is 1. The SMILES string of the molecule is O=S(=O)(c1nc2ccccc2s1)C(Cl)(Cl)Cl. The second-order valence-electron chi connectivity index (χ2n) is 2.90. The summed E-state index contributed by atoms with van der Waals surface area (Å²) in [7, 11) is -4.03. The Labute approximate surface area is 111 Å². The molecule has 0 N–H and O–H groups in total. The van der Waals surface area contributed by atoms with Crippen LogP contribution in [0.1, 0.15) is 0 Å². The maximum absolute atomic E-state index is 11.8. The molecule has 0 aliphatic rings. The van der Waals surface area contributed by atoms with Gasteiger partial charge in [0.05, 0.1) is 10.2 Å². The number of hydrogen-bond donors (Lipinski definition) is 0. The number of thiazole rings is 1. The number of fused-ring (bicyclic) bond motifs is 1. The molecule has 8 heteroatoms. The molecule has 0 bridgehead atoms. The van der Waals surface area contributed by atoms with Gasteiger partial charge in [-0.05, 0) is 12.1 Å². The van der Waals surface area contributed by atoms with E-state index < -0.39 is 13.0 Å². The van der Waals surface area contributed by atoms with Crippen molar-refractivity contribution in [3.05, 3.63) is 24.3 Å². The van der Waals surface area contributed by atoms with Crippen molar-refractivity contribution in [3.63, 3.8) is 0 Å². The second kappa shape index (κ2) is 3.99. The molecule has 0 fully saturated rings. The Balaban J connectivity index is 2.66. The molecule has 16 heavy (non-hydrogen) atoms. The number of hydrogen-bond acceptors (Lipinski definition) is 4. The Hall–Kier alpha value is -0.0700. The third-order valence-electron chi connectivity index (χ3n) is 1.81. The van der Waals surface area contributed by atoms with E-state index in [0.29, 0.717) is 5.52 Å². The van der Waals surface area contributed by atoms with Crippen LogP contribution in [0.5, 0.6) is 0 Å². The summed E-state index contributed by atoms with van der Waals surface area (Å²) in [6, 6.07) is 6.99. The number of alkyl halides is 3. The number of benzene rings is 1. The van der Waals surface area contributed by atoms with Crippen LogP contribution >= 0.6 is 46.1 Å². The first-order chi connectivity index (χ1) is 7.32. The van der Waals surface area contributed by atoms with E-state index in [0.717, 1.165) is 16.0 Å². The van der Waals surface area contributed by atoms with Crippen LogP contribution in [0, 0.1) is 0 Å². The number of aromatic nitrogens is 1. The molecule has 1 aromatic carbocycles. The van der Waals surface area contributed by atoms with E-state index in [1.165, 1.54) is 0 Å². The smallest absolute Gasteiger partial charge is 0.225 e. The zero-order chi connectivity index (χ0) is 12.0. The van der Waals surface area contributed by atoms with Gasteiger partial charge in [0.2, 0.25) is 4.34 Å². The second-order valence-corrected chi connectivity index (χ2v) is 9.15. The van der Waals surface area contributed by atoms with Crippen LogP contribution in [0.2, 0.25) is 0 Å². The summed E-state index contributed by atoms with van der Waals surface area (Å²) in [5.74, 6) is 0. The van der Waals surface area contributed by atoms with E-state index in [4.69, 9.17) is 34.8 Å². The summed E-state index contributed by atoms with van der Waals surface area (Å²) in [6.07, 6.45) is 0. The van der Waals surface area contributed by atoms with Gasteiger partial charge < -0.3 is 0 Å². The normalized spacial score (nSPS) is 13.2. The molecule has 2 rings (SSSR count). The fourth-order valence-corrected chi connectivity index (χ4v) is 4.33. The van der Waals surface area contributed by atoms with Crippen LogP contribution in [0.4, 0.5) is 0 Å². The highest BCUT2D eigenvalue weighted by Crippen LogP contribution is 2.40. The molecule has 0 aliphatic heterocycles. The molecule has 0 saturated carbocycles. The third-order valence-corrected chi connectivity index (χ3v) is 6.54. The van der Waals surface area contributed by atoms with Crippen molar-refractivity contribution in [2.24, 2.45) is 0 Å². The lowest BCUT2D eigenvalue weighted by Gasteiger charge is -2.08. The average molecular weight is 317 g/mol. The van der Waals surface area contributed by atoms with E-state index >= 15 is 0 Å². The van der Waals surface area contributed by atoms with Gasteiger partial charge in [-0.1, -0.05) is 46.9 Å². The Morgan fingerprint density at radius 1 is 1.19 bits per heavy atom. The van der Waals surface area contributed by atoms with Gasteiger partial charge in [0.25, 0.3) is 13.0 Å². The van der Waals surface area contributed by atoms with Crippen molar-refractivity contribution in [2.45, 2.75) is 7.46 Å². The monoisotopic (exact) mass is 315 g/mol. The molecule has 0 amide bonds. The molecule has 0 atom stereocenters. The summed E-state index contributed by atoms with van der Waals surface area (Å²) < 4.78 is 21.7. The largest absolute Gasteiger partial charge is 0.299 e. The predicted molar refractivity (Wildman–Crippen MR) is 67.1 cm³/mol. The molecule has 0 unspecified atom stereocenters. The van der Waals surface area contributed by atoms with E-state index in [9.17, 15) is 8.42 Å². The molecule has 1 aromatic heterocycles. The minimum Gasteiger partial charge on any atom is -0.225 e. The lowest BCUT2D eigenvalue weighted by molar-refractivity contribution is 0.596. The summed E-state index contributed by atoms with van der Waals surface area (Å²) in [6.45, 7) is 0. The summed E-state index contributed by atoms with van der Waals surface area (Å²) in [4.78, 5) is 3.93. The highest BCUT2D eigenvalue weighted by atomic mass is 35.6. The maximum atomic E-state index is 11.8. The molecule has 0 aliphatic carbocycles. The predicted octanol–water partition coefficient (Wildman–Crippen LogP) is 3.40. The first kappa shape index (κ1) is 12.4. The van der Waals surface area contributed by atoms with Crippen LogP contribution in [0.15, 0.2) is 28.6 Å². The highest BCUT2D eigenvalue weighted by molar-refractivity contribution is 7.98. The highest BCUT2D eigenvalue weighted by Gasteiger charge is 2.41. The zero-order valence-corrected chi connectivity index (χ0v) is 11.4. The van der Waals surface area contributed by atoms with Crippen molar-refractivity contribution in [1.82, 2.24) is 4.98 Å². The fourth-order valence-electron chi connectivity index (χ4n) is 1.07. The van der Waals surface area contributed by atoms with Gasteiger partial charge in [0.1, 0.15) is 0 Å². The fraction of sp³-hybridized carbons (Fsp3) is 0.125. The number of para-hydroxylation sites is 1. The third kappa shape index (κ3) is 2.02. The van der Waals surface area contributed by atoms with E-state index in [1.54, 1.807) is 24.3 Å². The van der Waals surface area contributed by atoms with Gasteiger partial charge in [-0.15, -0.1) is 11.3 Å². The molecule has 0 spiro atoms. The number of sulfone groups is 1. The van der Waals surface area contributed by atoms with Gasteiger partial charge in [0, 0.05) is 0 Å². The van der Waals surface area contributed by atoms with Crippen LogP contribution < -0.4 is 0 Å². The topological polar surface area (TPSA) is 47.0 Å². The van der Waals surface area contributed by atoms with Crippen molar-refractivity contribution >= 4 is 66.2 Å². The molecular weight excluding hydrogens is 313 g/mol. The maximum Gasteiger partial charge on any atom is 0.299 e. The van der Waals surface area contributed by atoms with Gasteiger partial charge in [0.15, 0.2) is 0 Å². The molecular formula is C8H4Cl3NO2S2. The van der Waals surface area contributed by atoms with Gasteiger partial charge in [-0.3, -0.25) is 0 Å². The molecule has 3 nitrogen and oxygen atoms in total. The lowest BCUT2D eigenvalue weighted by atomic mass is 10.3. The molecule has 0 saturated heterocycles. The van der Waals surface area contributed by atoms with Crippen molar-refractivity contribution in [3.8, 4) is 0 Å². The zero-order valence-electron chi connectivity index (χ0n) is 7.52. The van der Waals surface area contributed by atoms with Crippen molar-refractivity contribution in [2.75, 3.05) is 0 Å². The summed E-state index contributed by atoms with van der Waals surface area (Å²) >= 11 is 17.2. The first-order valence-corrected chi connectivity index (χ1v) is 7.42. The summed E-state index contributed by atoms with van der Waals surface area (Å²) in [5, 5.41) is 0. The lowest BCUT2D eigenvalue weighted by Crippen LogP contribution is -2.19.